The molecular weight excluding hydrogens is 110 g/mol. The Morgan fingerprint density at radius 3 is 2.89 bits per heavy atom. The van der Waals surface area contributed by atoms with Crippen LogP contribution < -0.4 is 0 Å². The second kappa shape index (κ2) is 3.44. The van der Waals surface area contributed by atoms with Crippen LogP contribution in [0.1, 0.15) is 19.3 Å². The maximum Gasteiger partial charge on any atom is 0.0416 e. The highest BCUT2D eigenvalue weighted by Crippen LogP contribution is 2.29. The van der Waals surface area contributed by atoms with Crippen LogP contribution in [0.15, 0.2) is 17.1 Å². The topological polar surface area (TPSA) is 12.4 Å². The zero-order chi connectivity index (χ0) is 6.53. The van der Waals surface area contributed by atoms with E-state index >= 15 is 0 Å². The fourth-order valence-corrected chi connectivity index (χ4v) is 0.743. The standard InChI is InChI=1S/C8H13N/c1-9-7-3-2-4-8-5-6-8/h2,4,8H,1,3,5-7H2/b4-2-. The smallest absolute Gasteiger partial charge is 0.0416 e. The van der Waals surface area contributed by atoms with Gasteiger partial charge in [0.2, 0.25) is 0 Å². The van der Waals surface area contributed by atoms with E-state index < -0.39 is 0 Å². The van der Waals surface area contributed by atoms with Gasteiger partial charge in [0.1, 0.15) is 0 Å². The molecule has 0 atom stereocenters. The van der Waals surface area contributed by atoms with Crippen LogP contribution in [0.25, 0.3) is 0 Å². The number of hydrogen-bond donors (Lipinski definition) is 0. The van der Waals surface area contributed by atoms with Crippen molar-refractivity contribution in [2.75, 3.05) is 6.54 Å². The number of rotatable bonds is 4. The van der Waals surface area contributed by atoms with Gasteiger partial charge in [0.25, 0.3) is 0 Å². The van der Waals surface area contributed by atoms with Crippen molar-refractivity contribution in [2.24, 2.45) is 10.9 Å². The molecule has 0 aromatic carbocycles. The average Bonchev–Trinajstić information content (AvgIpc) is 2.63. The monoisotopic (exact) mass is 123 g/mol. The lowest BCUT2D eigenvalue weighted by Gasteiger charge is -1.83. The Bertz CT molecular complexity index is 112. The summed E-state index contributed by atoms with van der Waals surface area (Å²) in [7, 11) is 0. The maximum absolute atomic E-state index is 3.75. The fraction of sp³-hybridized carbons (Fsp3) is 0.625. The van der Waals surface area contributed by atoms with E-state index in [1.54, 1.807) is 0 Å². The molecule has 9 heavy (non-hydrogen) atoms. The van der Waals surface area contributed by atoms with Gasteiger partial charge in [-0.1, -0.05) is 12.2 Å². The lowest BCUT2D eigenvalue weighted by atomic mass is 10.3. The highest BCUT2D eigenvalue weighted by Gasteiger charge is 2.16. The van der Waals surface area contributed by atoms with Crippen molar-refractivity contribution >= 4 is 6.72 Å². The van der Waals surface area contributed by atoms with Gasteiger partial charge in [-0.2, -0.15) is 0 Å². The van der Waals surface area contributed by atoms with Crippen molar-refractivity contribution in [3.05, 3.63) is 12.2 Å². The highest BCUT2D eigenvalue weighted by atomic mass is 14.7. The van der Waals surface area contributed by atoms with Crippen LogP contribution in [0.3, 0.4) is 0 Å². The quantitative estimate of drug-likeness (QED) is 0.308. The first-order chi connectivity index (χ1) is 4.43. The molecule has 50 valence electrons. The second-order valence-electron chi connectivity index (χ2n) is 2.50. The Hall–Kier alpha value is -0.590. The Morgan fingerprint density at radius 2 is 2.33 bits per heavy atom. The maximum atomic E-state index is 3.75. The number of aliphatic imine (C=N–C) groups is 1. The van der Waals surface area contributed by atoms with Crippen molar-refractivity contribution < 1.29 is 0 Å². The van der Waals surface area contributed by atoms with Crippen LogP contribution in [0.2, 0.25) is 0 Å². The first kappa shape index (κ1) is 6.53. The molecule has 0 radical (unpaired) electrons. The summed E-state index contributed by atoms with van der Waals surface area (Å²) >= 11 is 0. The van der Waals surface area contributed by atoms with Crippen LogP contribution in [-0.4, -0.2) is 13.3 Å². The zero-order valence-corrected chi connectivity index (χ0v) is 5.71. The minimum absolute atomic E-state index is 0.878. The van der Waals surface area contributed by atoms with Crippen molar-refractivity contribution in [1.29, 1.82) is 0 Å². The predicted octanol–water partition coefficient (Wildman–Crippen LogP) is 2.04. The van der Waals surface area contributed by atoms with E-state index in [2.05, 4.69) is 23.9 Å². The van der Waals surface area contributed by atoms with Crippen LogP contribution in [-0.2, 0) is 0 Å². The van der Waals surface area contributed by atoms with Crippen molar-refractivity contribution in [3.8, 4) is 0 Å². The van der Waals surface area contributed by atoms with Gasteiger partial charge in [0.05, 0.1) is 0 Å². The summed E-state index contributed by atoms with van der Waals surface area (Å²) in [6.07, 6.45) is 8.38. The SMILES string of the molecule is C=NCC/C=C\C1CC1. The van der Waals surface area contributed by atoms with E-state index in [9.17, 15) is 0 Å². The summed E-state index contributed by atoms with van der Waals surface area (Å²) in [5.41, 5.74) is 0. The molecule has 0 amide bonds. The van der Waals surface area contributed by atoms with Gasteiger partial charge in [-0.15, -0.1) is 0 Å². The fourth-order valence-electron chi connectivity index (χ4n) is 0.743. The van der Waals surface area contributed by atoms with Gasteiger partial charge in [-0.05, 0) is 31.9 Å². The van der Waals surface area contributed by atoms with Crippen molar-refractivity contribution in [2.45, 2.75) is 19.3 Å². The Labute approximate surface area is 56.5 Å². The average molecular weight is 123 g/mol. The molecule has 1 aliphatic carbocycles. The molecule has 0 N–H and O–H groups in total. The molecule has 1 aliphatic rings. The number of hydrogen-bond acceptors (Lipinski definition) is 1. The second-order valence-corrected chi connectivity index (χ2v) is 2.50. The molecule has 0 bridgehead atoms. The summed E-state index contributed by atoms with van der Waals surface area (Å²) < 4.78 is 0. The Balaban J connectivity index is 1.95. The largest absolute Gasteiger partial charge is 0.301 e. The lowest BCUT2D eigenvalue weighted by molar-refractivity contribution is 0.996. The van der Waals surface area contributed by atoms with E-state index in [1.807, 2.05) is 0 Å². The van der Waals surface area contributed by atoms with E-state index in [0.717, 1.165) is 18.9 Å². The molecule has 0 heterocycles. The van der Waals surface area contributed by atoms with Gasteiger partial charge in [0.15, 0.2) is 0 Å². The zero-order valence-electron chi connectivity index (χ0n) is 5.71. The van der Waals surface area contributed by atoms with Crippen LogP contribution >= 0.6 is 0 Å². The van der Waals surface area contributed by atoms with Crippen molar-refractivity contribution in [3.63, 3.8) is 0 Å². The molecule has 1 nitrogen and oxygen atoms in total. The summed E-state index contributed by atoms with van der Waals surface area (Å²) in [5.74, 6) is 0.912. The van der Waals surface area contributed by atoms with Gasteiger partial charge in [-0.3, -0.25) is 0 Å². The molecule has 1 saturated carbocycles. The molecule has 0 aromatic heterocycles. The molecule has 0 saturated heterocycles. The van der Waals surface area contributed by atoms with E-state index in [0.29, 0.717) is 0 Å². The van der Waals surface area contributed by atoms with Gasteiger partial charge in [0, 0.05) is 6.54 Å². The van der Waals surface area contributed by atoms with Crippen LogP contribution in [0.4, 0.5) is 0 Å². The third kappa shape index (κ3) is 3.07. The summed E-state index contributed by atoms with van der Waals surface area (Å²) in [6.45, 7) is 4.29. The molecule has 1 fully saturated rings. The van der Waals surface area contributed by atoms with E-state index in [1.165, 1.54) is 12.8 Å². The predicted molar refractivity (Wildman–Crippen MR) is 40.9 cm³/mol. The van der Waals surface area contributed by atoms with Gasteiger partial charge >= 0.3 is 0 Å². The third-order valence-corrected chi connectivity index (χ3v) is 1.48. The van der Waals surface area contributed by atoms with E-state index in [-0.39, 0.29) is 0 Å². The molecule has 0 spiro atoms. The van der Waals surface area contributed by atoms with Gasteiger partial charge < -0.3 is 4.99 Å². The molecular formula is C8H13N. The van der Waals surface area contributed by atoms with E-state index in [4.69, 9.17) is 0 Å². The summed E-state index contributed by atoms with van der Waals surface area (Å²) in [6, 6.07) is 0. The minimum atomic E-state index is 0.878. The van der Waals surface area contributed by atoms with Crippen molar-refractivity contribution in [1.82, 2.24) is 0 Å². The molecule has 1 heteroatoms. The highest BCUT2D eigenvalue weighted by molar-refractivity contribution is 5.23. The summed E-state index contributed by atoms with van der Waals surface area (Å²) in [5, 5.41) is 0. The van der Waals surface area contributed by atoms with Gasteiger partial charge in [-0.25, -0.2) is 0 Å². The van der Waals surface area contributed by atoms with Crippen LogP contribution in [0.5, 0.6) is 0 Å². The number of nitrogens with zero attached hydrogens (tertiary/aromatic N) is 1. The first-order valence-corrected chi connectivity index (χ1v) is 3.52. The molecule has 0 unspecified atom stereocenters. The first-order valence-electron chi connectivity index (χ1n) is 3.52. The molecule has 0 aromatic rings. The van der Waals surface area contributed by atoms with Crippen LogP contribution in [0, 0.1) is 5.92 Å². The molecule has 0 aliphatic heterocycles. The lowest BCUT2D eigenvalue weighted by Crippen LogP contribution is -1.73. The number of allylic oxidation sites excluding steroid dienone is 1. The minimum Gasteiger partial charge on any atom is -0.301 e. The normalized spacial score (nSPS) is 18.7. The Morgan fingerprint density at radius 1 is 1.56 bits per heavy atom. The third-order valence-electron chi connectivity index (χ3n) is 1.48. The Kier molecular flexibility index (Phi) is 2.49. The molecule has 1 rings (SSSR count). The summed E-state index contributed by atoms with van der Waals surface area (Å²) in [4.78, 5) is 3.75.